The highest BCUT2D eigenvalue weighted by Gasteiger charge is 2.16. The quantitative estimate of drug-likeness (QED) is 0.801. The zero-order valence-electron chi connectivity index (χ0n) is 13.0. The molecule has 118 valence electrons. The van der Waals surface area contributed by atoms with Crippen molar-refractivity contribution in [3.05, 3.63) is 52.2 Å². The third-order valence-electron chi connectivity index (χ3n) is 3.71. The predicted molar refractivity (Wildman–Crippen MR) is 87.4 cm³/mol. The van der Waals surface area contributed by atoms with Crippen molar-refractivity contribution in [2.45, 2.75) is 6.92 Å². The summed E-state index contributed by atoms with van der Waals surface area (Å²) in [7, 11) is 3.03. The average Bonchev–Trinajstić information content (AvgIpc) is 2.54. The maximum Gasteiger partial charge on any atom is 0.197 e. The molecule has 0 aliphatic heterocycles. The van der Waals surface area contributed by atoms with E-state index in [4.69, 9.17) is 13.9 Å². The molecule has 0 bridgehead atoms. The minimum atomic E-state index is -0.326. The van der Waals surface area contributed by atoms with Crippen LogP contribution < -0.4 is 14.9 Å². The molecule has 0 aliphatic carbocycles. The number of aryl methyl sites for hydroxylation is 1. The van der Waals surface area contributed by atoms with Crippen LogP contribution in [0.15, 0.2) is 45.6 Å². The van der Waals surface area contributed by atoms with Gasteiger partial charge >= 0.3 is 0 Å². The molecule has 0 radical (unpaired) electrons. The summed E-state index contributed by atoms with van der Waals surface area (Å²) in [6, 6.07) is 10.2. The molecule has 0 fully saturated rings. The zero-order valence-corrected chi connectivity index (χ0v) is 13.0. The van der Waals surface area contributed by atoms with Crippen molar-refractivity contribution in [2.24, 2.45) is 0 Å². The molecular weight excluding hydrogens is 296 g/mol. The lowest BCUT2D eigenvalue weighted by atomic mass is 10.1. The maximum atomic E-state index is 12.4. The third kappa shape index (κ3) is 2.50. The Labute approximate surface area is 132 Å². The monoisotopic (exact) mass is 312 g/mol. The van der Waals surface area contributed by atoms with E-state index in [1.807, 2.05) is 0 Å². The largest absolute Gasteiger partial charge is 0.504 e. The van der Waals surface area contributed by atoms with Gasteiger partial charge in [0.05, 0.1) is 14.2 Å². The lowest BCUT2D eigenvalue weighted by molar-refractivity contribution is 0.373. The Morgan fingerprint density at radius 1 is 1.04 bits per heavy atom. The molecule has 1 N–H and O–H groups in total. The van der Waals surface area contributed by atoms with Crippen LogP contribution in [-0.4, -0.2) is 19.3 Å². The molecule has 2 aromatic carbocycles. The molecule has 5 nitrogen and oxygen atoms in total. The van der Waals surface area contributed by atoms with Gasteiger partial charge in [0.15, 0.2) is 16.9 Å². The normalized spacial score (nSPS) is 10.7. The van der Waals surface area contributed by atoms with Crippen LogP contribution in [0.25, 0.3) is 22.3 Å². The molecule has 0 spiro atoms. The van der Waals surface area contributed by atoms with Gasteiger partial charge in [-0.2, -0.15) is 0 Å². The van der Waals surface area contributed by atoms with Gasteiger partial charge in [-0.05, 0) is 42.8 Å². The lowest BCUT2D eigenvalue weighted by Crippen LogP contribution is -2.02. The van der Waals surface area contributed by atoms with Crippen molar-refractivity contribution < 1.29 is 19.0 Å². The molecule has 0 saturated heterocycles. The number of hydrogen-bond donors (Lipinski definition) is 1. The Hall–Kier alpha value is -2.95. The third-order valence-corrected chi connectivity index (χ3v) is 3.71. The van der Waals surface area contributed by atoms with E-state index < -0.39 is 0 Å². The van der Waals surface area contributed by atoms with Gasteiger partial charge < -0.3 is 19.0 Å². The number of aromatic hydroxyl groups is 1. The van der Waals surface area contributed by atoms with Gasteiger partial charge in [-0.25, -0.2) is 0 Å². The van der Waals surface area contributed by atoms with E-state index in [2.05, 4.69) is 0 Å². The van der Waals surface area contributed by atoms with Crippen molar-refractivity contribution in [1.29, 1.82) is 0 Å². The SMILES string of the molecule is COc1ccc(-c2cc(=O)c3c(O)c(OC)c(C)cc3o2)cc1. The molecule has 0 amide bonds. The summed E-state index contributed by atoms with van der Waals surface area (Å²) in [5.74, 6) is 1.23. The number of rotatable bonds is 3. The Bertz CT molecular complexity index is 923. The van der Waals surface area contributed by atoms with Gasteiger partial charge in [-0.15, -0.1) is 0 Å². The fourth-order valence-corrected chi connectivity index (χ4v) is 2.56. The van der Waals surface area contributed by atoms with Gasteiger partial charge in [0, 0.05) is 11.6 Å². The average molecular weight is 312 g/mol. The van der Waals surface area contributed by atoms with Crippen LogP contribution >= 0.6 is 0 Å². The molecule has 3 aromatic rings. The number of phenolic OH excluding ortho intramolecular Hbond substituents is 1. The summed E-state index contributed by atoms with van der Waals surface area (Å²) in [6.07, 6.45) is 0. The Balaban J connectivity index is 2.23. The smallest absolute Gasteiger partial charge is 0.197 e. The first-order valence-corrected chi connectivity index (χ1v) is 7.04. The molecule has 23 heavy (non-hydrogen) atoms. The maximum absolute atomic E-state index is 12.4. The molecule has 1 aromatic heterocycles. The van der Waals surface area contributed by atoms with Crippen LogP contribution in [0.2, 0.25) is 0 Å². The molecule has 0 aliphatic rings. The second-order valence-corrected chi connectivity index (χ2v) is 5.15. The van der Waals surface area contributed by atoms with E-state index in [0.717, 1.165) is 11.3 Å². The number of hydrogen-bond acceptors (Lipinski definition) is 5. The van der Waals surface area contributed by atoms with E-state index in [-0.39, 0.29) is 22.3 Å². The number of ether oxygens (including phenoxy) is 2. The Morgan fingerprint density at radius 2 is 1.74 bits per heavy atom. The van der Waals surface area contributed by atoms with Gasteiger partial charge in [0.2, 0.25) is 0 Å². The number of phenols is 1. The summed E-state index contributed by atoms with van der Waals surface area (Å²) >= 11 is 0. The van der Waals surface area contributed by atoms with Crippen molar-refractivity contribution in [2.75, 3.05) is 14.2 Å². The van der Waals surface area contributed by atoms with Gasteiger partial charge in [0.25, 0.3) is 0 Å². The van der Waals surface area contributed by atoms with Crippen LogP contribution in [0.4, 0.5) is 0 Å². The van der Waals surface area contributed by atoms with Crippen LogP contribution in [0.1, 0.15) is 5.56 Å². The highest BCUT2D eigenvalue weighted by Crippen LogP contribution is 2.37. The van der Waals surface area contributed by atoms with Crippen LogP contribution in [0.3, 0.4) is 0 Å². The molecule has 0 saturated carbocycles. The van der Waals surface area contributed by atoms with Crippen LogP contribution in [0.5, 0.6) is 17.2 Å². The molecule has 0 atom stereocenters. The molecular formula is C18H16O5. The fraction of sp³-hybridized carbons (Fsp3) is 0.167. The summed E-state index contributed by atoms with van der Waals surface area (Å²) in [5.41, 5.74) is 1.43. The highest BCUT2D eigenvalue weighted by atomic mass is 16.5. The van der Waals surface area contributed by atoms with Crippen molar-refractivity contribution in [1.82, 2.24) is 0 Å². The van der Waals surface area contributed by atoms with Gasteiger partial charge in [0.1, 0.15) is 22.5 Å². The summed E-state index contributed by atoms with van der Waals surface area (Å²) < 4.78 is 16.1. The standard InChI is InChI=1S/C18H16O5/c1-10-8-15-16(17(20)18(10)22-3)13(19)9-14(23-15)11-4-6-12(21-2)7-5-11/h4-9,20H,1-3H3. The minimum Gasteiger partial charge on any atom is -0.504 e. The van der Waals surface area contributed by atoms with E-state index in [0.29, 0.717) is 16.9 Å². The van der Waals surface area contributed by atoms with Crippen molar-refractivity contribution >= 4 is 11.0 Å². The minimum absolute atomic E-state index is 0.115. The van der Waals surface area contributed by atoms with Crippen LogP contribution in [-0.2, 0) is 0 Å². The summed E-state index contributed by atoms with van der Waals surface area (Å²) in [5, 5.41) is 10.4. The second-order valence-electron chi connectivity index (χ2n) is 5.15. The summed E-state index contributed by atoms with van der Waals surface area (Å²) in [6.45, 7) is 1.78. The molecule has 1 heterocycles. The first-order valence-electron chi connectivity index (χ1n) is 7.04. The molecule has 5 heteroatoms. The second kappa shape index (κ2) is 5.68. The first-order chi connectivity index (χ1) is 11.0. The Morgan fingerprint density at radius 3 is 2.35 bits per heavy atom. The number of fused-ring (bicyclic) bond motifs is 1. The van der Waals surface area contributed by atoms with Gasteiger partial charge in [-0.1, -0.05) is 0 Å². The lowest BCUT2D eigenvalue weighted by Gasteiger charge is -2.10. The predicted octanol–water partition coefficient (Wildman–Crippen LogP) is 3.49. The summed E-state index contributed by atoms with van der Waals surface area (Å²) in [4.78, 5) is 12.4. The van der Waals surface area contributed by atoms with Gasteiger partial charge in [-0.3, -0.25) is 4.79 Å². The molecule has 0 unspecified atom stereocenters. The molecule has 3 rings (SSSR count). The topological polar surface area (TPSA) is 68.9 Å². The fourth-order valence-electron chi connectivity index (χ4n) is 2.56. The number of methoxy groups -OCH3 is 2. The van der Waals surface area contributed by atoms with E-state index in [1.165, 1.54) is 13.2 Å². The Kier molecular flexibility index (Phi) is 3.70. The zero-order chi connectivity index (χ0) is 16.6. The van der Waals surface area contributed by atoms with E-state index in [9.17, 15) is 9.90 Å². The first kappa shape index (κ1) is 15.0. The highest BCUT2D eigenvalue weighted by molar-refractivity contribution is 5.88. The van der Waals surface area contributed by atoms with Crippen molar-refractivity contribution in [3.8, 4) is 28.6 Å². The van der Waals surface area contributed by atoms with Crippen molar-refractivity contribution in [3.63, 3.8) is 0 Å². The van der Waals surface area contributed by atoms with E-state index in [1.54, 1.807) is 44.4 Å². The number of benzene rings is 2. The van der Waals surface area contributed by atoms with E-state index >= 15 is 0 Å². The van der Waals surface area contributed by atoms with Crippen LogP contribution in [0, 0.1) is 6.92 Å².